The molecule has 1 N–H and O–H groups in total. The molecule has 27 heavy (non-hydrogen) atoms. The Morgan fingerprint density at radius 1 is 1.19 bits per heavy atom. The molecule has 154 valence electrons. The largest absolute Gasteiger partial charge is 0.435 e. The van der Waals surface area contributed by atoms with Gasteiger partial charge in [0.2, 0.25) is 12.1 Å². The van der Waals surface area contributed by atoms with Crippen LogP contribution >= 0.6 is 0 Å². The SMILES string of the molecule is C[C@H]1[C@@H](OC(=O)CC(C)(C)O)O[C@@H]2O[C@@]3(C)CC[C@H]4[C@H](C)CC[C@@H]1[C@@]24OO3. The van der Waals surface area contributed by atoms with Crippen LogP contribution in [-0.2, 0) is 28.8 Å². The van der Waals surface area contributed by atoms with E-state index in [0.717, 1.165) is 25.7 Å². The molecule has 4 heterocycles. The molecule has 1 spiro atoms. The number of carbonyl (C=O) groups excluding carboxylic acids is 1. The van der Waals surface area contributed by atoms with Crippen LogP contribution in [0, 0.1) is 23.7 Å². The highest BCUT2D eigenvalue weighted by Gasteiger charge is 2.69. The Morgan fingerprint density at radius 2 is 1.93 bits per heavy atom. The molecule has 0 unspecified atom stereocenters. The van der Waals surface area contributed by atoms with Crippen LogP contribution in [0.4, 0.5) is 0 Å². The van der Waals surface area contributed by atoms with Gasteiger partial charge in [-0.25, -0.2) is 9.78 Å². The minimum Gasteiger partial charge on any atom is -0.435 e. The highest BCUT2D eigenvalue weighted by Crippen LogP contribution is 2.60. The molecule has 5 aliphatic rings. The Bertz CT molecular complexity index is 602. The second kappa shape index (κ2) is 6.39. The summed E-state index contributed by atoms with van der Waals surface area (Å²) in [7, 11) is 0. The lowest BCUT2D eigenvalue weighted by Crippen LogP contribution is -2.70. The van der Waals surface area contributed by atoms with E-state index in [9.17, 15) is 9.90 Å². The van der Waals surface area contributed by atoms with Gasteiger partial charge in [0.25, 0.3) is 0 Å². The molecule has 5 fully saturated rings. The molecule has 0 radical (unpaired) electrons. The minimum absolute atomic E-state index is 0.0586. The number of hydrogen-bond donors (Lipinski definition) is 1. The lowest BCUT2D eigenvalue weighted by atomic mass is 9.58. The van der Waals surface area contributed by atoms with Crippen LogP contribution in [0.5, 0.6) is 0 Å². The first-order valence-electron chi connectivity index (χ1n) is 10.2. The van der Waals surface area contributed by atoms with Crippen molar-refractivity contribution >= 4 is 5.97 Å². The van der Waals surface area contributed by atoms with Crippen molar-refractivity contribution in [3.63, 3.8) is 0 Å². The van der Waals surface area contributed by atoms with Gasteiger partial charge >= 0.3 is 5.97 Å². The van der Waals surface area contributed by atoms with Crippen LogP contribution in [0.1, 0.15) is 66.7 Å². The topological polar surface area (TPSA) is 83.5 Å². The average Bonchev–Trinajstić information content (AvgIpc) is 2.77. The summed E-state index contributed by atoms with van der Waals surface area (Å²) in [6.07, 6.45) is 2.31. The first kappa shape index (κ1) is 19.6. The van der Waals surface area contributed by atoms with E-state index >= 15 is 0 Å². The van der Waals surface area contributed by atoms with E-state index in [1.165, 1.54) is 0 Å². The number of rotatable bonds is 3. The molecule has 4 saturated heterocycles. The third-order valence-electron chi connectivity index (χ3n) is 6.92. The maximum absolute atomic E-state index is 12.3. The van der Waals surface area contributed by atoms with Gasteiger partial charge in [-0.15, -0.1) is 0 Å². The molecule has 7 heteroatoms. The molecule has 0 aromatic carbocycles. The van der Waals surface area contributed by atoms with Crippen molar-refractivity contribution in [3.8, 4) is 0 Å². The maximum atomic E-state index is 12.3. The number of fused-ring (bicyclic) bond motifs is 2. The Labute approximate surface area is 160 Å². The molecule has 4 aliphatic heterocycles. The van der Waals surface area contributed by atoms with Crippen LogP contribution in [0.25, 0.3) is 0 Å². The Balaban J connectivity index is 1.61. The fourth-order valence-corrected chi connectivity index (χ4v) is 5.53. The second-order valence-electron chi connectivity index (χ2n) is 9.75. The van der Waals surface area contributed by atoms with Crippen LogP contribution in [0.2, 0.25) is 0 Å². The molecule has 2 bridgehead atoms. The summed E-state index contributed by atoms with van der Waals surface area (Å²) in [6, 6.07) is 0. The Morgan fingerprint density at radius 3 is 2.63 bits per heavy atom. The molecule has 0 amide bonds. The standard InChI is InChI=1S/C20H32O7/c1-11-6-7-14-12(2)16(23-15(21)10-18(3,4)22)24-17-20(14)13(11)8-9-19(5,25-17)26-27-20/h11-14,16-17,22H,6-10H2,1-5H3/t11-,12-,13+,14+,16+,17-,19-,20-/m1/s1. The molecular formula is C20H32O7. The molecule has 0 aromatic heterocycles. The van der Waals surface area contributed by atoms with Crippen molar-refractivity contribution in [2.24, 2.45) is 23.7 Å². The molecule has 0 aromatic rings. The third-order valence-corrected chi connectivity index (χ3v) is 6.92. The van der Waals surface area contributed by atoms with Gasteiger partial charge in [0.05, 0.1) is 12.0 Å². The zero-order valence-corrected chi connectivity index (χ0v) is 16.9. The number of ether oxygens (including phenoxy) is 3. The quantitative estimate of drug-likeness (QED) is 0.592. The zero-order valence-electron chi connectivity index (χ0n) is 16.9. The van der Waals surface area contributed by atoms with E-state index in [2.05, 4.69) is 6.92 Å². The Hall–Kier alpha value is -0.730. The van der Waals surface area contributed by atoms with Crippen molar-refractivity contribution in [2.45, 2.75) is 96.3 Å². The average molecular weight is 384 g/mol. The predicted molar refractivity (Wildman–Crippen MR) is 93.8 cm³/mol. The molecule has 7 nitrogen and oxygen atoms in total. The van der Waals surface area contributed by atoms with Crippen molar-refractivity contribution in [2.75, 3.05) is 0 Å². The smallest absolute Gasteiger partial charge is 0.311 e. The summed E-state index contributed by atoms with van der Waals surface area (Å²) < 4.78 is 18.0. The van der Waals surface area contributed by atoms with E-state index in [1.807, 2.05) is 13.8 Å². The lowest BCUT2D eigenvalue weighted by Gasteiger charge is -2.59. The summed E-state index contributed by atoms with van der Waals surface area (Å²) in [4.78, 5) is 24.1. The van der Waals surface area contributed by atoms with Gasteiger partial charge in [0.1, 0.15) is 0 Å². The Kier molecular flexibility index (Phi) is 4.63. The maximum Gasteiger partial charge on any atom is 0.311 e. The fourth-order valence-electron chi connectivity index (χ4n) is 5.53. The first-order valence-corrected chi connectivity index (χ1v) is 10.2. The zero-order chi connectivity index (χ0) is 19.6. The predicted octanol–water partition coefficient (Wildman–Crippen LogP) is 2.90. The summed E-state index contributed by atoms with van der Waals surface area (Å²) in [6.45, 7) is 9.33. The number of hydrogen-bond acceptors (Lipinski definition) is 7. The number of aliphatic hydroxyl groups is 1. The van der Waals surface area contributed by atoms with E-state index in [4.69, 9.17) is 24.0 Å². The van der Waals surface area contributed by atoms with Crippen molar-refractivity contribution in [1.29, 1.82) is 0 Å². The monoisotopic (exact) mass is 384 g/mol. The summed E-state index contributed by atoms with van der Waals surface area (Å²) in [5, 5.41) is 9.90. The first-order chi connectivity index (χ1) is 12.5. The van der Waals surface area contributed by atoms with Crippen LogP contribution in [0.15, 0.2) is 0 Å². The summed E-state index contributed by atoms with van der Waals surface area (Å²) in [5.74, 6) is -0.503. The molecule has 8 atom stereocenters. The highest BCUT2D eigenvalue weighted by atomic mass is 17.3. The highest BCUT2D eigenvalue weighted by molar-refractivity contribution is 5.70. The van der Waals surface area contributed by atoms with E-state index < -0.39 is 35.5 Å². The number of carbonyl (C=O) groups is 1. The second-order valence-corrected chi connectivity index (χ2v) is 9.75. The van der Waals surface area contributed by atoms with Gasteiger partial charge in [0, 0.05) is 18.3 Å². The molecular weight excluding hydrogens is 352 g/mol. The van der Waals surface area contributed by atoms with Gasteiger partial charge in [-0.3, -0.25) is 4.79 Å². The number of esters is 1. The summed E-state index contributed by atoms with van der Waals surface area (Å²) in [5.41, 5.74) is -1.78. The van der Waals surface area contributed by atoms with Gasteiger partial charge in [-0.1, -0.05) is 13.8 Å². The fraction of sp³-hybridized carbons (Fsp3) is 0.950. The molecule has 1 aliphatic carbocycles. The van der Waals surface area contributed by atoms with E-state index in [1.54, 1.807) is 13.8 Å². The van der Waals surface area contributed by atoms with Gasteiger partial charge in [-0.2, -0.15) is 0 Å². The van der Waals surface area contributed by atoms with Gasteiger partial charge in [-0.05, 0) is 51.9 Å². The van der Waals surface area contributed by atoms with Crippen molar-refractivity contribution in [1.82, 2.24) is 0 Å². The van der Waals surface area contributed by atoms with Crippen LogP contribution < -0.4 is 0 Å². The van der Waals surface area contributed by atoms with Crippen LogP contribution in [-0.4, -0.2) is 40.6 Å². The van der Waals surface area contributed by atoms with Gasteiger partial charge in [0.15, 0.2) is 11.9 Å². The van der Waals surface area contributed by atoms with Crippen LogP contribution in [0.3, 0.4) is 0 Å². The van der Waals surface area contributed by atoms with E-state index in [-0.39, 0.29) is 24.2 Å². The van der Waals surface area contributed by atoms with Crippen molar-refractivity contribution < 1.29 is 33.9 Å². The van der Waals surface area contributed by atoms with Crippen molar-refractivity contribution in [3.05, 3.63) is 0 Å². The normalized spacial score (nSPS) is 49.3. The third kappa shape index (κ3) is 3.21. The minimum atomic E-state index is -1.12. The van der Waals surface area contributed by atoms with E-state index in [0.29, 0.717) is 5.92 Å². The lowest BCUT2D eigenvalue weighted by molar-refractivity contribution is -0.576. The molecule has 5 rings (SSSR count). The van der Waals surface area contributed by atoms with Gasteiger partial charge < -0.3 is 19.3 Å². The molecule has 1 saturated carbocycles. The summed E-state index contributed by atoms with van der Waals surface area (Å²) >= 11 is 0.